The fourth-order valence-corrected chi connectivity index (χ4v) is 1.33. The number of amides is 1. The van der Waals surface area contributed by atoms with Crippen molar-refractivity contribution in [1.82, 2.24) is 4.90 Å². The Balaban J connectivity index is 2.18. The van der Waals surface area contributed by atoms with E-state index in [1.807, 2.05) is 0 Å². The molecule has 0 unspecified atom stereocenters. The fourth-order valence-electron chi connectivity index (χ4n) is 1.33. The number of hydrogen-bond donors (Lipinski definition) is 1. The first-order chi connectivity index (χ1) is 5.15. The van der Waals surface area contributed by atoms with Crippen LogP contribution < -0.4 is 5.73 Å². The summed E-state index contributed by atoms with van der Waals surface area (Å²) in [4.78, 5) is 12.9. The average Bonchev–Trinajstić information content (AvgIpc) is 2.67. The predicted octanol–water partition coefficient (Wildman–Crippen LogP) is 0.0595. The molecule has 2 N–H and O–H groups in total. The molecular formula is C8H16N2O. The quantitative estimate of drug-likeness (QED) is 0.625. The zero-order valence-corrected chi connectivity index (χ0v) is 7.21. The van der Waals surface area contributed by atoms with Gasteiger partial charge in [0.05, 0.1) is 0 Å². The van der Waals surface area contributed by atoms with Crippen molar-refractivity contribution in [3.8, 4) is 0 Å². The van der Waals surface area contributed by atoms with E-state index in [1.165, 1.54) is 0 Å². The van der Waals surface area contributed by atoms with Gasteiger partial charge in [-0.15, -0.1) is 0 Å². The molecule has 1 aliphatic carbocycles. The number of primary amides is 1. The van der Waals surface area contributed by atoms with Gasteiger partial charge in [-0.2, -0.15) is 0 Å². The van der Waals surface area contributed by atoms with Crippen LogP contribution in [0.3, 0.4) is 0 Å². The number of carbonyl (C=O) groups excluding carboxylic acids is 1. The van der Waals surface area contributed by atoms with Crippen LogP contribution in [0.4, 0.5) is 0 Å². The second kappa shape index (κ2) is 3.22. The zero-order chi connectivity index (χ0) is 8.43. The van der Waals surface area contributed by atoms with Crippen LogP contribution >= 0.6 is 0 Å². The maximum absolute atomic E-state index is 10.6. The Morgan fingerprint density at radius 3 is 2.73 bits per heavy atom. The molecule has 0 aromatic carbocycles. The van der Waals surface area contributed by atoms with Crippen LogP contribution in [-0.2, 0) is 4.79 Å². The van der Waals surface area contributed by atoms with Crippen LogP contribution in [0.15, 0.2) is 0 Å². The van der Waals surface area contributed by atoms with E-state index in [-0.39, 0.29) is 11.8 Å². The molecule has 1 fully saturated rings. The Hall–Kier alpha value is -0.570. The number of hydrogen-bond acceptors (Lipinski definition) is 2. The van der Waals surface area contributed by atoms with Gasteiger partial charge in [0, 0.05) is 12.5 Å². The predicted molar refractivity (Wildman–Crippen MR) is 44.0 cm³/mol. The number of nitrogens with two attached hydrogens (primary N) is 1. The number of carbonyl (C=O) groups is 1. The van der Waals surface area contributed by atoms with Gasteiger partial charge in [0.1, 0.15) is 0 Å². The lowest BCUT2D eigenvalue weighted by Crippen LogP contribution is -2.23. The van der Waals surface area contributed by atoms with Crippen molar-refractivity contribution >= 4 is 5.91 Å². The van der Waals surface area contributed by atoms with Crippen molar-refractivity contribution in [2.75, 3.05) is 20.1 Å². The lowest BCUT2D eigenvalue weighted by Gasteiger charge is -2.12. The molecule has 0 aromatic rings. The molecule has 0 saturated heterocycles. The molecule has 3 heteroatoms. The molecular weight excluding hydrogens is 140 g/mol. The van der Waals surface area contributed by atoms with Gasteiger partial charge in [0.15, 0.2) is 0 Å². The first kappa shape index (κ1) is 8.53. The van der Waals surface area contributed by atoms with Crippen LogP contribution in [0.1, 0.15) is 13.3 Å². The zero-order valence-electron chi connectivity index (χ0n) is 7.21. The van der Waals surface area contributed by atoms with E-state index < -0.39 is 0 Å². The largest absolute Gasteiger partial charge is 0.369 e. The lowest BCUT2D eigenvalue weighted by molar-refractivity contribution is -0.119. The third-order valence-corrected chi connectivity index (χ3v) is 2.37. The summed E-state index contributed by atoms with van der Waals surface area (Å²) in [6.07, 6.45) is 1.000. The van der Waals surface area contributed by atoms with Crippen molar-refractivity contribution in [3.05, 3.63) is 0 Å². The van der Waals surface area contributed by atoms with Crippen molar-refractivity contribution in [2.45, 2.75) is 13.3 Å². The third-order valence-electron chi connectivity index (χ3n) is 2.37. The summed E-state index contributed by atoms with van der Waals surface area (Å²) in [6.45, 7) is 4.17. The average molecular weight is 156 g/mol. The molecule has 1 aliphatic rings. The van der Waals surface area contributed by atoms with Crippen molar-refractivity contribution in [3.63, 3.8) is 0 Å². The summed E-state index contributed by atoms with van der Waals surface area (Å²) in [5.74, 6) is 0.584. The van der Waals surface area contributed by atoms with Crippen LogP contribution in [0, 0.1) is 11.8 Å². The standard InChI is InChI=1S/C8H16N2O/c1-3-10(2)5-6-4-7(6)8(9)11/h6-7H,3-5H2,1-2H3,(H2,9,11)/t6-,7+/m0/s1. The topological polar surface area (TPSA) is 46.3 Å². The van der Waals surface area contributed by atoms with Gasteiger partial charge in [-0.25, -0.2) is 0 Å². The molecule has 64 valence electrons. The summed E-state index contributed by atoms with van der Waals surface area (Å²) in [5, 5.41) is 0. The molecule has 0 radical (unpaired) electrons. The summed E-state index contributed by atoms with van der Waals surface area (Å²) in [7, 11) is 2.07. The molecule has 3 nitrogen and oxygen atoms in total. The smallest absolute Gasteiger partial charge is 0.220 e. The number of nitrogens with zero attached hydrogens (tertiary/aromatic N) is 1. The molecule has 0 spiro atoms. The Labute approximate surface area is 67.5 Å². The Kier molecular flexibility index (Phi) is 2.49. The molecule has 11 heavy (non-hydrogen) atoms. The minimum atomic E-state index is -0.125. The molecule has 0 bridgehead atoms. The summed E-state index contributed by atoms with van der Waals surface area (Å²) < 4.78 is 0. The van der Waals surface area contributed by atoms with Crippen molar-refractivity contribution < 1.29 is 4.79 Å². The lowest BCUT2D eigenvalue weighted by atomic mass is 10.3. The third kappa shape index (κ3) is 2.19. The molecule has 1 amide bonds. The second-order valence-corrected chi connectivity index (χ2v) is 3.36. The highest BCUT2D eigenvalue weighted by Crippen LogP contribution is 2.38. The summed E-state index contributed by atoms with van der Waals surface area (Å²) in [5.41, 5.74) is 5.15. The van der Waals surface area contributed by atoms with Gasteiger partial charge in [-0.1, -0.05) is 6.92 Å². The maximum atomic E-state index is 10.6. The minimum Gasteiger partial charge on any atom is -0.369 e. The highest BCUT2D eigenvalue weighted by atomic mass is 16.1. The monoisotopic (exact) mass is 156 g/mol. The molecule has 0 aliphatic heterocycles. The van der Waals surface area contributed by atoms with Crippen molar-refractivity contribution in [1.29, 1.82) is 0 Å². The minimum absolute atomic E-state index is 0.125. The van der Waals surface area contributed by atoms with Crippen LogP contribution in [0.5, 0.6) is 0 Å². The number of rotatable bonds is 4. The first-order valence-electron chi connectivity index (χ1n) is 4.13. The second-order valence-electron chi connectivity index (χ2n) is 3.36. The Morgan fingerprint density at radius 1 is 1.73 bits per heavy atom. The van der Waals surface area contributed by atoms with Gasteiger partial charge in [0.25, 0.3) is 0 Å². The van der Waals surface area contributed by atoms with Crippen LogP contribution in [0.2, 0.25) is 0 Å². The van der Waals surface area contributed by atoms with Gasteiger partial charge in [-0.3, -0.25) is 4.79 Å². The fraction of sp³-hybridized carbons (Fsp3) is 0.875. The van der Waals surface area contributed by atoms with Gasteiger partial charge < -0.3 is 10.6 Å². The van der Waals surface area contributed by atoms with Gasteiger partial charge >= 0.3 is 0 Å². The Morgan fingerprint density at radius 2 is 2.36 bits per heavy atom. The highest BCUT2D eigenvalue weighted by Gasteiger charge is 2.41. The Bertz CT molecular complexity index is 158. The van der Waals surface area contributed by atoms with Gasteiger partial charge in [-0.05, 0) is 25.9 Å². The maximum Gasteiger partial charge on any atom is 0.220 e. The molecule has 0 heterocycles. The van der Waals surface area contributed by atoms with E-state index in [0.717, 1.165) is 19.5 Å². The van der Waals surface area contributed by atoms with Gasteiger partial charge in [0.2, 0.25) is 5.91 Å². The normalized spacial score (nSPS) is 29.0. The van der Waals surface area contributed by atoms with E-state index in [9.17, 15) is 4.79 Å². The summed E-state index contributed by atoms with van der Waals surface area (Å²) in [6, 6.07) is 0. The SMILES string of the molecule is CCN(C)C[C@@H]1C[C@H]1C(N)=O. The highest BCUT2D eigenvalue weighted by molar-refractivity contribution is 5.79. The van der Waals surface area contributed by atoms with E-state index in [0.29, 0.717) is 5.92 Å². The van der Waals surface area contributed by atoms with Crippen molar-refractivity contribution in [2.24, 2.45) is 17.6 Å². The van der Waals surface area contributed by atoms with E-state index in [2.05, 4.69) is 18.9 Å². The van der Waals surface area contributed by atoms with Crippen LogP contribution in [-0.4, -0.2) is 30.9 Å². The van der Waals surface area contributed by atoms with Crippen LogP contribution in [0.25, 0.3) is 0 Å². The molecule has 2 atom stereocenters. The van der Waals surface area contributed by atoms with E-state index in [4.69, 9.17) is 5.73 Å². The van der Waals surface area contributed by atoms with E-state index in [1.54, 1.807) is 0 Å². The molecule has 1 saturated carbocycles. The molecule has 1 rings (SSSR count). The first-order valence-corrected chi connectivity index (χ1v) is 4.13. The molecule has 0 aromatic heterocycles. The van der Waals surface area contributed by atoms with E-state index >= 15 is 0 Å². The summed E-state index contributed by atoms with van der Waals surface area (Å²) >= 11 is 0.